The van der Waals surface area contributed by atoms with Crippen molar-refractivity contribution < 1.29 is 14.0 Å². The molecule has 8 heteroatoms. The largest absolute Gasteiger partial charge is 0.383 e. The van der Waals surface area contributed by atoms with Gasteiger partial charge in [-0.05, 0) is 48.6 Å². The van der Waals surface area contributed by atoms with Gasteiger partial charge in [0.1, 0.15) is 17.8 Å². The van der Waals surface area contributed by atoms with Gasteiger partial charge in [-0.1, -0.05) is 6.07 Å². The number of anilines is 2. The number of pyridine rings is 2. The first-order valence-corrected chi connectivity index (χ1v) is 8.75. The molecule has 2 amide bonds. The van der Waals surface area contributed by atoms with Gasteiger partial charge in [0.15, 0.2) is 0 Å². The van der Waals surface area contributed by atoms with E-state index in [4.69, 9.17) is 11.5 Å². The summed E-state index contributed by atoms with van der Waals surface area (Å²) >= 11 is 0. The number of nitrogens with one attached hydrogen (secondary N) is 1. The van der Waals surface area contributed by atoms with E-state index in [1.165, 1.54) is 6.20 Å². The number of primary amides is 1. The smallest absolute Gasteiger partial charge is 0.248 e. The number of fused-ring (bicyclic) bond motifs is 1. The van der Waals surface area contributed by atoms with Crippen molar-refractivity contribution in [2.24, 2.45) is 11.7 Å². The monoisotopic (exact) mass is 379 g/mol. The van der Waals surface area contributed by atoms with Crippen LogP contribution in [0.3, 0.4) is 0 Å². The number of nitrogens with two attached hydrogens (primary N) is 2. The lowest BCUT2D eigenvalue weighted by Gasteiger charge is -2.11. The third kappa shape index (κ3) is 3.24. The maximum Gasteiger partial charge on any atom is 0.248 e. The fourth-order valence-corrected chi connectivity index (χ4v) is 3.14. The first-order chi connectivity index (χ1) is 13.3. The molecule has 1 saturated carbocycles. The third-order valence-electron chi connectivity index (χ3n) is 4.83. The molecule has 2 aromatic heterocycles. The number of halogens is 1. The molecule has 4 rings (SSSR count). The summed E-state index contributed by atoms with van der Waals surface area (Å²) in [5.74, 6) is -0.851. The minimum Gasteiger partial charge on any atom is -0.383 e. The average Bonchev–Trinajstić information content (AvgIpc) is 3.38. The van der Waals surface area contributed by atoms with Crippen LogP contribution in [0.1, 0.15) is 22.3 Å². The Hall–Kier alpha value is -3.55. The first-order valence-electron chi connectivity index (χ1n) is 8.75. The minimum absolute atomic E-state index is 0.251. The van der Waals surface area contributed by atoms with Crippen LogP contribution in [0.4, 0.5) is 16.0 Å². The summed E-state index contributed by atoms with van der Waals surface area (Å²) < 4.78 is 13.1. The normalized spacial score (nSPS) is 18.1. The lowest BCUT2D eigenvalue weighted by Crippen LogP contribution is -2.15. The van der Waals surface area contributed by atoms with Crippen LogP contribution in [-0.2, 0) is 4.79 Å². The zero-order chi connectivity index (χ0) is 20.0. The van der Waals surface area contributed by atoms with Crippen molar-refractivity contribution in [3.05, 3.63) is 47.7 Å². The third-order valence-corrected chi connectivity index (χ3v) is 4.83. The van der Waals surface area contributed by atoms with Crippen LogP contribution in [0.25, 0.3) is 22.0 Å². The average molecular weight is 379 g/mol. The molecule has 0 aliphatic heterocycles. The van der Waals surface area contributed by atoms with Gasteiger partial charge in [0.25, 0.3) is 0 Å². The number of nitrogens with zero attached hydrogens (tertiary/aromatic N) is 2. The summed E-state index contributed by atoms with van der Waals surface area (Å²) in [6.45, 7) is 1.85. The van der Waals surface area contributed by atoms with Gasteiger partial charge in [-0.15, -0.1) is 0 Å². The van der Waals surface area contributed by atoms with Crippen molar-refractivity contribution in [2.75, 3.05) is 11.1 Å². The van der Waals surface area contributed by atoms with E-state index in [-0.39, 0.29) is 12.3 Å². The lowest BCUT2D eigenvalue weighted by molar-refractivity contribution is -0.117. The number of amides is 2. The lowest BCUT2D eigenvalue weighted by atomic mass is 10.0. The molecule has 5 N–H and O–H groups in total. The number of rotatable bonds is 4. The summed E-state index contributed by atoms with van der Waals surface area (Å²) in [5.41, 5.74) is 14.1. The van der Waals surface area contributed by atoms with Crippen molar-refractivity contribution >= 4 is 34.2 Å². The highest BCUT2D eigenvalue weighted by Gasteiger charge is 2.43. The van der Waals surface area contributed by atoms with Crippen molar-refractivity contribution in [2.45, 2.75) is 19.5 Å². The highest BCUT2D eigenvalue weighted by atomic mass is 19.1. The maximum absolute atomic E-state index is 13.1. The number of carbonyl (C=O) groups excluding carboxylic acids is 2. The molecule has 1 aliphatic carbocycles. The second-order valence-electron chi connectivity index (χ2n) is 6.92. The van der Waals surface area contributed by atoms with Gasteiger partial charge in [-0.25, -0.2) is 14.4 Å². The van der Waals surface area contributed by atoms with Gasteiger partial charge >= 0.3 is 0 Å². The number of alkyl halides is 1. The molecule has 0 spiro atoms. The molecule has 142 valence electrons. The molecule has 3 aromatic rings. The molecule has 0 saturated heterocycles. The highest BCUT2D eigenvalue weighted by Crippen LogP contribution is 2.35. The summed E-state index contributed by atoms with van der Waals surface area (Å²) in [6.07, 6.45) is 0.708. The van der Waals surface area contributed by atoms with E-state index >= 15 is 0 Å². The maximum atomic E-state index is 13.1. The zero-order valence-electron chi connectivity index (χ0n) is 15.1. The summed E-state index contributed by atoms with van der Waals surface area (Å²) in [7, 11) is 0. The quantitative estimate of drug-likeness (QED) is 0.643. The van der Waals surface area contributed by atoms with E-state index < -0.39 is 18.0 Å². The SMILES string of the molecule is Cc1cc(C(N)=O)ccc1-c1cc2cc(NC(=O)[C@H]3C[C@H]3F)ncc2c(N)n1. The summed E-state index contributed by atoms with van der Waals surface area (Å²) in [5, 5.41) is 4.01. The minimum atomic E-state index is -1.07. The van der Waals surface area contributed by atoms with Gasteiger partial charge in [-0.2, -0.15) is 0 Å². The zero-order valence-corrected chi connectivity index (χ0v) is 15.1. The number of aryl methyl sites for hydroxylation is 1. The van der Waals surface area contributed by atoms with Gasteiger partial charge in [0.2, 0.25) is 11.8 Å². The van der Waals surface area contributed by atoms with Crippen LogP contribution >= 0.6 is 0 Å². The molecule has 1 aromatic carbocycles. The Bertz CT molecular complexity index is 1130. The van der Waals surface area contributed by atoms with E-state index in [2.05, 4.69) is 15.3 Å². The van der Waals surface area contributed by atoms with E-state index in [0.29, 0.717) is 28.3 Å². The molecule has 0 bridgehead atoms. The fraction of sp³-hybridized carbons (Fsp3) is 0.200. The topological polar surface area (TPSA) is 124 Å². The molecule has 2 heterocycles. The van der Waals surface area contributed by atoms with Crippen LogP contribution in [-0.4, -0.2) is 28.0 Å². The Morgan fingerprint density at radius 3 is 2.64 bits per heavy atom. The van der Waals surface area contributed by atoms with Crippen LogP contribution in [0, 0.1) is 12.8 Å². The number of nitrogen functional groups attached to an aromatic ring is 1. The molecule has 28 heavy (non-hydrogen) atoms. The summed E-state index contributed by atoms with van der Waals surface area (Å²) in [4.78, 5) is 31.9. The van der Waals surface area contributed by atoms with Crippen molar-refractivity contribution in [1.29, 1.82) is 0 Å². The predicted octanol–water partition coefficient (Wildman–Crippen LogP) is 2.58. The number of hydrogen-bond acceptors (Lipinski definition) is 5. The highest BCUT2D eigenvalue weighted by molar-refractivity contribution is 5.99. The Kier molecular flexibility index (Phi) is 4.18. The van der Waals surface area contributed by atoms with Crippen LogP contribution in [0.15, 0.2) is 36.5 Å². The van der Waals surface area contributed by atoms with Gasteiger partial charge < -0.3 is 16.8 Å². The Morgan fingerprint density at radius 2 is 2.00 bits per heavy atom. The molecule has 0 radical (unpaired) electrons. The van der Waals surface area contributed by atoms with Crippen molar-refractivity contribution in [1.82, 2.24) is 9.97 Å². The second kappa shape index (κ2) is 6.56. The molecule has 2 atom stereocenters. The second-order valence-corrected chi connectivity index (χ2v) is 6.92. The molecule has 1 fully saturated rings. The van der Waals surface area contributed by atoms with Crippen molar-refractivity contribution in [3.8, 4) is 11.3 Å². The number of benzene rings is 1. The van der Waals surface area contributed by atoms with Gasteiger partial charge in [0, 0.05) is 22.7 Å². The molecule has 7 nitrogen and oxygen atoms in total. The first kappa shape index (κ1) is 17.8. The van der Waals surface area contributed by atoms with Crippen molar-refractivity contribution in [3.63, 3.8) is 0 Å². The summed E-state index contributed by atoms with van der Waals surface area (Å²) in [6, 6.07) is 8.60. The van der Waals surface area contributed by atoms with Gasteiger partial charge in [-0.3, -0.25) is 9.59 Å². The number of carbonyl (C=O) groups is 2. The van der Waals surface area contributed by atoms with Crippen LogP contribution in [0.5, 0.6) is 0 Å². The Balaban J connectivity index is 1.72. The predicted molar refractivity (Wildman–Crippen MR) is 104 cm³/mol. The number of aromatic nitrogens is 2. The molecular formula is C20H18FN5O2. The molecular weight excluding hydrogens is 361 g/mol. The number of hydrogen-bond donors (Lipinski definition) is 3. The van der Waals surface area contributed by atoms with E-state index in [1.54, 1.807) is 24.3 Å². The Morgan fingerprint density at radius 1 is 1.25 bits per heavy atom. The molecule has 1 aliphatic rings. The fourth-order valence-electron chi connectivity index (χ4n) is 3.14. The van der Waals surface area contributed by atoms with Crippen LogP contribution in [0.2, 0.25) is 0 Å². The van der Waals surface area contributed by atoms with E-state index in [0.717, 1.165) is 16.5 Å². The van der Waals surface area contributed by atoms with Gasteiger partial charge in [0.05, 0.1) is 11.6 Å². The van der Waals surface area contributed by atoms with Crippen LogP contribution < -0.4 is 16.8 Å². The molecule has 0 unspecified atom stereocenters. The Labute approximate surface area is 160 Å². The van der Waals surface area contributed by atoms with E-state index in [1.807, 2.05) is 13.0 Å². The standard InChI is InChI=1S/C20H18FN5O2/c1-9-4-10(19(23)27)2-3-12(9)16-5-11-6-17(24-8-14(11)18(22)25-16)26-20(28)13-7-15(13)21/h2-6,8,13,15H,7H2,1H3,(H2,22,25)(H2,23,27)(H,24,26,28)/t13-,15+/m0/s1. The van der Waals surface area contributed by atoms with E-state index in [9.17, 15) is 14.0 Å².